The van der Waals surface area contributed by atoms with Gasteiger partial charge in [0.2, 0.25) is 0 Å². The molecular weight excluding hydrogens is 271 g/mol. The maximum Gasteiger partial charge on any atom is 0.0656 e. The second-order valence-electron chi connectivity index (χ2n) is 4.47. The van der Waals surface area contributed by atoms with E-state index in [1.807, 2.05) is 0 Å². The van der Waals surface area contributed by atoms with E-state index in [0.29, 0.717) is 0 Å². The van der Waals surface area contributed by atoms with E-state index < -0.39 is 0 Å². The van der Waals surface area contributed by atoms with E-state index in [1.54, 1.807) is 0 Å². The number of hydrogen-bond acceptors (Lipinski definition) is 0. The molecule has 0 saturated heterocycles. The lowest BCUT2D eigenvalue weighted by Crippen LogP contribution is -2.21. The van der Waals surface area contributed by atoms with Gasteiger partial charge < -0.3 is 0 Å². The lowest BCUT2D eigenvalue weighted by Gasteiger charge is -2.15. The summed E-state index contributed by atoms with van der Waals surface area (Å²) >= 11 is 12.1. The van der Waals surface area contributed by atoms with Crippen molar-refractivity contribution >= 4 is 40.8 Å². The molecule has 16 heavy (non-hydrogen) atoms. The fourth-order valence-electron chi connectivity index (χ4n) is 1.72. The van der Waals surface area contributed by atoms with Crippen molar-refractivity contribution in [3.05, 3.63) is 0 Å². The molecule has 0 bridgehead atoms. The average molecular weight is 297 g/mol. The van der Waals surface area contributed by atoms with Crippen molar-refractivity contribution < 1.29 is 0 Å². The van der Waals surface area contributed by atoms with E-state index >= 15 is 0 Å². The molecule has 0 aliphatic rings. The zero-order valence-corrected chi connectivity index (χ0v) is 14.3. The third-order valence-corrected chi connectivity index (χ3v) is 10.5. The van der Waals surface area contributed by atoms with Crippen LogP contribution in [0.25, 0.3) is 0 Å². The van der Waals surface area contributed by atoms with Gasteiger partial charge in [-0.1, -0.05) is 63.7 Å². The van der Waals surface area contributed by atoms with Gasteiger partial charge in [0.25, 0.3) is 0 Å². The van der Waals surface area contributed by atoms with E-state index in [9.17, 15) is 0 Å². The van der Waals surface area contributed by atoms with Gasteiger partial charge in [-0.2, -0.15) is 0 Å². The molecule has 0 aromatic carbocycles. The number of hydrogen-bond donors (Lipinski definition) is 0. The van der Waals surface area contributed by atoms with Gasteiger partial charge >= 0.3 is 0 Å². The van der Waals surface area contributed by atoms with Crippen molar-refractivity contribution in [1.82, 2.24) is 0 Å². The Labute approximate surface area is 115 Å². The fourth-order valence-corrected chi connectivity index (χ4v) is 8.90. The van der Waals surface area contributed by atoms with Crippen LogP contribution in [0.4, 0.5) is 0 Å². The minimum absolute atomic E-state index is 0.244. The zero-order valence-electron chi connectivity index (χ0n) is 10.8. The van der Waals surface area contributed by atoms with Gasteiger partial charge in [0.1, 0.15) is 0 Å². The quantitative estimate of drug-likeness (QED) is 0.366. The highest BCUT2D eigenvalue weighted by Gasteiger charge is 2.14. The Morgan fingerprint density at radius 2 is 1.06 bits per heavy atom. The molecule has 0 spiro atoms. The summed E-state index contributed by atoms with van der Waals surface area (Å²) in [7, 11) is -0.488. The normalized spacial score (nSPS) is 11.6. The summed E-state index contributed by atoms with van der Waals surface area (Å²) < 4.78 is 0. The minimum atomic E-state index is -0.244. The van der Waals surface area contributed by atoms with Crippen LogP contribution in [-0.2, 0) is 0 Å². The molecule has 0 rings (SSSR count). The Kier molecular flexibility index (Phi) is 13.3. The van der Waals surface area contributed by atoms with Crippen LogP contribution >= 0.6 is 23.2 Å². The van der Waals surface area contributed by atoms with Crippen LogP contribution in [0, 0.1) is 0 Å². The van der Waals surface area contributed by atoms with Crippen LogP contribution in [-0.4, -0.2) is 28.6 Å². The highest BCUT2D eigenvalue weighted by atomic mass is 35.5. The van der Waals surface area contributed by atoms with E-state index in [-0.39, 0.29) is 17.6 Å². The monoisotopic (exact) mass is 296 g/mol. The molecule has 4 heteroatoms. The highest BCUT2D eigenvalue weighted by molar-refractivity contribution is 6.72. The summed E-state index contributed by atoms with van der Waals surface area (Å²) in [5, 5.41) is 0. The van der Waals surface area contributed by atoms with Gasteiger partial charge in [0.05, 0.1) is 17.6 Å². The average Bonchev–Trinajstić information content (AvgIpc) is 2.33. The van der Waals surface area contributed by atoms with Crippen molar-refractivity contribution in [2.24, 2.45) is 0 Å². The molecule has 0 nitrogen and oxygen atoms in total. The van der Waals surface area contributed by atoms with Crippen molar-refractivity contribution in [2.45, 2.75) is 63.7 Å². The van der Waals surface area contributed by atoms with Crippen LogP contribution in [0.3, 0.4) is 0 Å². The predicted octanol–water partition coefficient (Wildman–Crippen LogP) is 5.13. The first-order valence-electron chi connectivity index (χ1n) is 6.57. The SMILES string of the molecule is CCCC[Si](CCl)CC[Si](CCl)CCCC. The molecule has 0 aliphatic heterocycles. The Morgan fingerprint density at radius 3 is 1.31 bits per heavy atom. The largest absolute Gasteiger partial charge is 0.130 e. The van der Waals surface area contributed by atoms with Crippen molar-refractivity contribution in [2.75, 3.05) is 11.0 Å². The summed E-state index contributed by atoms with van der Waals surface area (Å²) in [4.78, 5) is 0. The summed E-state index contributed by atoms with van der Waals surface area (Å²) in [5.74, 6) is 0. The number of rotatable bonds is 11. The standard InChI is InChI=1S/C12H26Cl2Si2/c1-3-5-7-15(11-13)9-10-16(12-14)8-6-4-2/h3-12H2,1-2H3. The Balaban J connectivity index is 3.69. The molecular formula is C12H26Cl2Si2. The van der Waals surface area contributed by atoms with Crippen LogP contribution in [0.2, 0.25) is 24.2 Å². The molecule has 0 atom stereocenters. The van der Waals surface area contributed by atoms with Crippen LogP contribution in [0.5, 0.6) is 0 Å². The number of alkyl halides is 2. The number of unbranched alkanes of at least 4 members (excludes halogenated alkanes) is 2. The van der Waals surface area contributed by atoms with Crippen LogP contribution < -0.4 is 0 Å². The first kappa shape index (κ1) is 17.0. The second-order valence-corrected chi connectivity index (χ2v) is 11.6. The van der Waals surface area contributed by atoms with Gasteiger partial charge in [-0.25, -0.2) is 0 Å². The number of halogens is 2. The maximum absolute atomic E-state index is 6.06. The van der Waals surface area contributed by atoms with E-state index in [2.05, 4.69) is 13.8 Å². The van der Waals surface area contributed by atoms with Crippen LogP contribution in [0.1, 0.15) is 39.5 Å². The second kappa shape index (κ2) is 12.5. The van der Waals surface area contributed by atoms with E-state index in [0.717, 1.165) is 11.0 Å². The molecule has 0 aromatic rings. The van der Waals surface area contributed by atoms with Gasteiger partial charge in [-0.3, -0.25) is 0 Å². The lowest BCUT2D eigenvalue weighted by molar-refractivity contribution is 0.866. The van der Waals surface area contributed by atoms with Crippen molar-refractivity contribution in [1.29, 1.82) is 0 Å². The molecule has 0 N–H and O–H groups in total. The maximum atomic E-state index is 6.06. The van der Waals surface area contributed by atoms with E-state index in [1.165, 1.54) is 49.9 Å². The smallest absolute Gasteiger partial charge is 0.0656 e. The Morgan fingerprint density at radius 1 is 0.688 bits per heavy atom. The molecule has 0 unspecified atom stereocenters. The predicted molar refractivity (Wildman–Crippen MR) is 82.0 cm³/mol. The van der Waals surface area contributed by atoms with Crippen LogP contribution in [0.15, 0.2) is 0 Å². The third kappa shape index (κ3) is 9.09. The van der Waals surface area contributed by atoms with Gasteiger partial charge in [-0.05, 0) is 0 Å². The first-order chi connectivity index (χ1) is 7.78. The molecule has 96 valence electrons. The van der Waals surface area contributed by atoms with Gasteiger partial charge in [-0.15, -0.1) is 23.2 Å². The van der Waals surface area contributed by atoms with Gasteiger partial charge in [0.15, 0.2) is 0 Å². The molecule has 0 amide bonds. The summed E-state index contributed by atoms with van der Waals surface area (Å²) in [6, 6.07) is 5.66. The summed E-state index contributed by atoms with van der Waals surface area (Å²) in [6.45, 7) is 4.53. The molecule has 0 heterocycles. The summed E-state index contributed by atoms with van der Waals surface area (Å²) in [5.41, 5.74) is 1.88. The van der Waals surface area contributed by atoms with Crippen molar-refractivity contribution in [3.8, 4) is 0 Å². The topological polar surface area (TPSA) is 0 Å². The zero-order chi connectivity index (χ0) is 12.2. The highest BCUT2D eigenvalue weighted by Crippen LogP contribution is 2.15. The molecule has 2 radical (unpaired) electrons. The minimum Gasteiger partial charge on any atom is -0.130 e. The fraction of sp³-hybridized carbons (Fsp3) is 1.00. The van der Waals surface area contributed by atoms with E-state index in [4.69, 9.17) is 23.2 Å². The Bertz CT molecular complexity index is 129. The molecule has 0 fully saturated rings. The lowest BCUT2D eigenvalue weighted by atomic mass is 10.4. The van der Waals surface area contributed by atoms with Crippen molar-refractivity contribution in [3.63, 3.8) is 0 Å². The van der Waals surface area contributed by atoms with Gasteiger partial charge in [0, 0.05) is 11.0 Å². The molecule has 0 saturated carbocycles. The summed E-state index contributed by atoms with van der Waals surface area (Å²) in [6.07, 6.45) is 5.38. The molecule has 0 aliphatic carbocycles. The molecule has 0 aromatic heterocycles. The first-order valence-corrected chi connectivity index (χ1v) is 11.9. The third-order valence-electron chi connectivity index (χ3n) is 2.98. The Hall–Kier alpha value is 1.01.